The number of fused-ring (bicyclic) bond motifs is 1. The molecule has 126 valence electrons. The van der Waals surface area contributed by atoms with E-state index in [9.17, 15) is 23.6 Å². The van der Waals surface area contributed by atoms with Crippen LogP contribution in [0, 0.1) is 5.82 Å². The Balaban J connectivity index is 1.83. The van der Waals surface area contributed by atoms with Crippen LogP contribution in [0.25, 0.3) is 0 Å². The Morgan fingerprint density at radius 2 is 2.12 bits per heavy atom. The van der Waals surface area contributed by atoms with Gasteiger partial charge in [-0.25, -0.2) is 4.39 Å². The van der Waals surface area contributed by atoms with E-state index in [1.807, 2.05) is 0 Å². The van der Waals surface area contributed by atoms with E-state index in [0.717, 1.165) is 6.07 Å². The van der Waals surface area contributed by atoms with Crippen LogP contribution in [-0.4, -0.2) is 46.3 Å². The molecule has 2 heterocycles. The van der Waals surface area contributed by atoms with Gasteiger partial charge in [-0.05, 0) is 24.1 Å². The first-order valence-electron chi connectivity index (χ1n) is 7.29. The fourth-order valence-electron chi connectivity index (χ4n) is 2.90. The highest BCUT2D eigenvalue weighted by molar-refractivity contribution is 6.05. The molecule has 0 spiro atoms. The van der Waals surface area contributed by atoms with E-state index < -0.39 is 36.2 Å². The average Bonchev–Trinajstić information content (AvgIpc) is 2.81. The summed E-state index contributed by atoms with van der Waals surface area (Å²) in [7, 11) is 0. The molecule has 2 aliphatic rings. The van der Waals surface area contributed by atoms with E-state index in [1.54, 1.807) is 0 Å². The van der Waals surface area contributed by atoms with E-state index in [4.69, 9.17) is 5.11 Å². The van der Waals surface area contributed by atoms with Crippen molar-refractivity contribution in [1.82, 2.24) is 10.2 Å². The van der Waals surface area contributed by atoms with E-state index in [-0.39, 0.29) is 36.5 Å². The van der Waals surface area contributed by atoms with Gasteiger partial charge < -0.3 is 15.3 Å². The Morgan fingerprint density at radius 3 is 2.79 bits per heavy atom. The van der Waals surface area contributed by atoms with E-state index >= 15 is 0 Å². The number of nitrogens with one attached hydrogen (secondary N) is 2. The van der Waals surface area contributed by atoms with Crippen LogP contribution in [0.2, 0.25) is 0 Å². The maximum absolute atomic E-state index is 14.0. The van der Waals surface area contributed by atoms with Gasteiger partial charge in [0.15, 0.2) is 0 Å². The third-order valence-electron chi connectivity index (χ3n) is 4.04. The minimum Gasteiger partial charge on any atom is -0.480 e. The molecule has 2 aliphatic heterocycles. The molecule has 1 fully saturated rings. The molecule has 0 bridgehead atoms. The predicted octanol–water partition coefficient (Wildman–Crippen LogP) is 0.0832. The number of benzene rings is 1. The zero-order valence-electron chi connectivity index (χ0n) is 12.5. The number of imide groups is 1. The number of aliphatic carboxylic acids is 1. The zero-order chi connectivity index (χ0) is 17.4. The highest BCUT2D eigenvalue weighted by Gasteiger charge is 2.39. The van der Waals surface area contributed by atoms with Crippen LogP contribution in [0.5, 0.6) is 0 Å². The average molecular weight is 335 g/mol. The number of hydrogen-bond acceptors (Lipinski definition) is 5. The second-order valence-corrected chi connectivity index (χ2v) is 5.64. The Bertz CT molecular complexity index is 764. The number of carbonyl (C=O) groups is 4. The number of hydrogen-bond donors (Lipinski definition) is 3. The van der Waals surface area contributed by atoms with Gasteiger partial charge in [0.1, 0.15) is 18.4 Å². The fraction of sp³-hybridized carbons (Fsp3) is 0.333. The van der Waals surface area contributed by atoms with Crippen LogP contribution in [-0.2, 0) is 20.9 Å². The van der Waals surface area contributed by atoms with Gasteiger partial charge in [-0.2, -0.15) is 0 Å². The molecule has 1 aromatic rings. The second kappa shape index (κ2) is 5.91. The molecule has 1 unspecified atom stereocenters. The largest absolute Gasteiger partial charge is 0.480 e. The molecule has 0 radical (unpaired) electrons. The SMILES string of the molecule is O=C(O)CNc1cc2c(cc1F)C(=O)N(C1CCC(=O)NC1=O)C2. The molecule has 1 atom stereocenters. The molecule has 3 rings (SSSR count). The van der Waals surface area contributed by atoms with Gasteiger partial charge in [-0.3, -0.25) is 24.5 Å². The Kier molecular flexibility index (Phi) is 3.92. The first-order valence-corrected chi connectivity index (χ1v) is 7.29. The third kappa shape index (κ3) is 2.80. The van der Waals surface area contributed by atoms with Gasteiger partial charge in [0.05, 0.1) is 5.69 Å². The molecule has 1 aromatic carbocycles. The Labute approximate surface area is 135 Å². The van der Waals surface area contributed by atoms with Crippen molar-refractivity contribution in [3.05, 3.63) is 29.1 Å². The number of nitrogens with zero attached hydrogens (tertiary/aromatic N) is 1. The molecule has 0 aliphatic carbocycles. The molecule has 3 N–H and O–H groups in total. The summed E-state index contributed by atoms with van der Waals surface area (Å²) < 4.78 is 14.0. The van der Waals surface area contributed by atoms with Crippen LogP contribution in [0.3, 0.4) is 0 Å². The first-order chi connectivity index (χ1) is 11.4. The summed E-state index contributed by atoms with van der Waals surface area (Å²) in [5.41, 5.74) is 0.617. The summed E-state index contributed by atoms with van der Waals surface area (Å²) in [6, 6.07) is 1.63. The van der Waals surface area contributed by atoms with Gasteiger partial charge in [0.25, 0.3) is 5.91 Å². The van der Waals surface area contributed by atoms with Crippen molar-refractivity contribution in [1.29, 1.82) is 0 Å². The fourth-order valence-corrected chi connectivity index (χ4v) is 2.90. The predicted molar refractivity (Wildman–Crippen MR) is 78.6 cm³/mol. The molecule has 3 amide bonds. The number of carboxylic acids is 1. The van der Waals surface area contributed by atoms with Crippen molar-refractivity contribution in [2.75, 3.05) is 11.9 Å². The van der Waals surface area contributed by atoms with Gasteiger partial charge in [-0.15, -0.1) is 0 Å². The van der Waals surface area contributed by atoms with E-state index in [0.29, 0.717) is 5.56 Å². The van der Waals surface area contributed by atoms with Crippen LogP contribution < -0.4 is 10.6 Å². The summed E-state index contributed by atoms with van der Waals surface area (Å²) in [6.07, 6.45) is 0.354. The maximum Gasteiger partial charge on any atom is 0.322 e. The standard InChI is InChI=1S/C15H14FN3O5/c16-9-4-8-7(3-10(9)17-5-13(21)22)6-19(15(8)24)11-1-2-12(20)18-14(11)23/h3-4,11,17H,1-2,5-6H2,(H,21,22)(H,18,20,23). The Morgan fingerprint density at radius 1 is 1.38 bits per heavy atom. The molecule has 0 aromatic heterocycles. The number of halogens is 1. The highest BCUT2D eigenvalue weighted by atomic mass is 19.1. The number of amides is 3. The monoisotopic (exact) mass is 335 g/mol. The van der Waals surface area contributed by atoms with Crippen LogP contribution in [0.1, 0.15) is 28.8 Å². The topological polar surface area (TPSA) is 116 Å². The summed E-state index contributed by atoms with van der Waals surface area (Å²) in [5.74, 6) is -3.29. The lowest BCUT2D eigenvalue weighted by atomic mass is 10.0. The summed E-state index contributed by atoms with van der Waals surface area (Å²) >= 11 is 0. The lowest BCUT2D eigenvalue weighted by Crippen LogP contribution is -2.52. The number of carboxylic acid groups (broad SMARTS) is 1. The van der Waals surface area contributed by atoms with Crippen LogP contribution in [0.4, 0.5) is 10.1 Å². The van der Waals surface area contributed by atoms with Crippen molar-refractivity contribution >= 4 is 29.4 Å². The Hall–Kier alpha value is -2.97. The molecule has 9 heteroatoms. The second-order valence-electron chi connectivity index (χ2n) is 5.64. The molecular formula is C15H14FN3O5. The lowest BCUT2D eigenvalue weighted by molar-refractivity contribution is -0.137. The van der Waals surface area contributed by atoms with Gasteiger partial charge in [0.2, 0.25) is 11.8 Å². The van der Waals surface area contributed by atoms with Gasteiger partial charge in [0, 0.05) is 18.5 Å². The summed E-state index contributed by atoms with van der Waals surface area (Å²) in [5, 5.41) is 13.3. The lowest BCUT2D eigenvalue weighted by Gasteiger charge is -2.29. The van der Waals surface area contributed by atoms with Gasteiger partial charge in [-0.1, -0.05) is 0 Å². The van der Waals surface area contributed by atoms with E-state index in [1.165, 1.54) is 11.0 Å². The molecule has 24 heavy (non-hydrogen) atoms. The molecule has 1 saturated heterocycles. The smallest absolute Gasteiger partial charge is 0.322 e. The third-order valence-corrected chi connectivity index (χ3v) is 4.04. The summed E-state index contributed by atoms with van der Waals surface area (Å²) in [6.45, 7) is -0.358. The molecular weight excluding hydrogens is 321 g/mol. The van der Waals surface area contributed by atoms with Crippen molar-refractivity contribution in [3.63, 3.8) is 0 Å². The molecule has 0 saturated carbocycles. The van der Waals surface area contributed by atoms with E-state index in [2.05, 4.69) is 10.6 Å². The van der Waals surface area contributed by atoms with Crippen molar-refractivity contribution in [2.24, 2.45) is 0 Å². The van der Waals surface area contributed by atoms with Crippen molar-refractivity contribution < 1.29 is 28.7 Å². The van der Waals surface area contributed by atoms with Gasteiger partial charge >= 0.3 is 5.97 Å². The van der Waals surface area contributed by atoms with Crippen molar-refractivity contribution in [3.8, 4) is 0 Å². The normalized spacial score (nSPS) is 20.0. The maximum atomic E-state index is 14.0. The minimum absolute atomic E-state index is 0.0194. The zero-order valence-corrected chi connectivity index (χ0v) is 12.5. The summed E-state index contributed by atoms with van der Waals surface area (Å²) in [4.78, 5) is 47.4. The quantitative estimate of drug-likeness (QED) is 0.671. The van der Waals surface area contributed by atoms with Crippen molar-refractivity contribution in [2.45, 2.75) is 25.4 Å². The van der Waals surface area contributed by atoms with Crippen LogP contribution >= 0.6 is 0 Å². The number of anilines is 1. The minimum atomic E-state index is -1.14. The number of piperidine rings is 1. The first kappa shape index (κ1) is 15.9. The number of rotatable bonds is 4. The number of carbonyl (C=O) groups excluding carboxylic acids is 3. The molecule has 8 nitrogen and oxygen atoms in total. The van der Waals surface area contributed by atoms with Crippen LogP contribution in [0.15, 0.2) is 12.1 Å². The highest BCUT2D eigenvalue weighted by Crippen LogP contribution is 2.31.